The Labute approximate surface area is 139 Å². The van der Waals surface area contributed by atoms with Crippen molar-refractivity contribution in [1.82, 2.24) is 15.1 Å². The Morgan fingerprint density at radius 2 is 1.79 bits per heavy atom. The molecular weight excluding hydrogens is 306 g/mol. The molecule has 0 saturated carbocycles. The molecule has 2 aromatic carbocycles. The van der Waals surface area contributed by atoms with Gasteiger partial charge < -0.3 is 14.1 Å². The maximum Gasteiger partial charge on any atom is 0.254 e. The Bertz CT molecular complexity index is 813. The van der Waals surface area contributed by atoms with Crippen LogP contribution >= 0.6 is 0 Å². The van der Waals surface area contributed by atoms with Gasteiger partial charge in [-0.25, -0.2) is 0 Å². The molecule has 0 aliphatic carbocycles. The molecule has 0 spiro atoms. The van der Waals surface area contributed by atoms with Crippen LogP contribution in [-0.4, -0.2) is 35.2 Å². The quantitative estimate of drug-likeness (QED) is 0.722. The third kappa shape index (κ3) is 3.43. The van der Waals surface area contributed by atoms with E-state index in [1.807, 2.05) is 30.3 Å². The van der Waals surface area contributed by atoms with Crippen LogP contribution in [0.3, 0.4) is 0 Å². The first-order valence-corrected chi connectivity index (χ1v) is 7.44. The van der Waals surface area contributed by atoms with E-state index in [1.54, 1.807) is 38.4 Å². The van der Waals surface area contributed by atoms with Gasteiger partial charge in [-0.3, -0.25) is 4.79 Å². The van der Waals surface area contributed by atoms with Crippen molar-refractivity contribution >= 4 is 5.91 Å². The fraction of sp³-hybridized carbons (Fsp3) is 0.167. The van der Waals surface area contributed by atoms with Crippen molar-refractivity contribution in [2.75, 3.05) is 14.2 Å². The molecule has 24 heavy (non-hydrogen) atoms. The lowest BCUT2D eigenvalue weighted by molar-refractivity contribution is 0.0773. The van der Waals surface area contributed by atoms with Crippen LogP contribution in [0.15, 0.2) is 59.0 Å². The van der Waals surface area contributed by atoms with Crippen LogP contribution in [0.2, 0.25) is 0 Å². The molecule has 0 aliphatic rings. The van der Waals surface area contributed by atoms with E-state index >= 15 is 0 Å². The van der Waals surface area contributed by atoms with Crippen molar-refractivity contribution in [3.63, 3.8) is 0 Å². The second kappa shape index (κ2) is 6.95. The van der Waals surface area contributed by atoms with E-state index in [0.717, 1.165) is 5.56 Å². The lowest BCUT2D eigenvalue weighted by atomic mass is 10.2. The Morgan fingerprint density at radius 1 is 1.08 bits per heavy atom. The van der Waals surface area contributed by atoms with Gasteiger partial charge in [0, 0.05) is 18.2 Å². The summed E-state index contributed by atoms with van der Waals surface area (Å²) in [5.74, 6) is 1.41. The highest BCUT2D eigenvalue weighted by Gasteiger charge is 2.16. The van der Waals surface area contributed by atoms with Crippen molar-refractivity contribution in [2.24, 2.45) is 0 Å². The van der Waals surface area contributed by atoms with Crippen LogP contribution < -0.4 is 4.74 Å². The smallest absolute Gasteiger partial charge is 0.254 e. The molecule has 3 aromatic rings. The number of carbonyl (C=O) groups excluding carboxylic acids is 1. The van der Waals surface area contributed by atoms with E-state index in [9.17, 15) is 4.79 Å². The molecular formula is C18H17N3O3. The summed E-state index contributed by atoms with van der Waals surface area (Å²) in [7, 11) is 3.28. The molecule has 122 valence electrons. The molecule has 1 aromatic heterocycles. The maximum atomic E-state index is 12.4. The van der Waals surface area contributed by atoms with Crippen LogP contribution in [0.25, 0.3) is 11.5 Å². The van der Waals surface area contributed by atoms with Gasteiger partial charge in [0.1, 0.15) is 5.75 Å². The molecule has 0 fully saturated rings. The molecule has 6 nitrogen and oxygen atoms in total. The van der Waals surface area contributed by atoms with Gasteiger partial charge in [0.25, 0.3) is 5.91 Å². The van der Waals surface area contributed by atoms with Crippen molar-refractivity contribution in [2.45, 2.75) is 6.54 Å². The molecule has 0 bridgehead atoms. The first kappa shape index (κ1) is 15.7. The maximum absolute atomic E-state index is 12.4. The number of hydrogen-bond acceptors (Lipinski definition) is 5. The largest absolute Gasteiger partial charge is 0.497 e. The van der Waals surface area contributed by atoms with E-state index in [4.69, 9.17) is 9.15 Å². The SMILES string of the molecule is COc1ccc(C(=O)N(C)Cc2nnc(-c3ccccc3)o2)cc1. The minimum atomic E-state index is -0.128. The molecule has 1 heterocycles. The monoisotopic (exact) mass is 323 g/mol. The van der Waals surface area contributed by atoms with Gasteiger partial charge >= 0.3 is 0 Å². The Balaban J connectivity index is 1.69. The van der Waals surface area contributed by atoms with Gasteiger partial charge in [-0.15, -0.1) is 10.2 Å². The van der Waals surface area contributed by atoms with Crippen molar-refractivity contribution in [3.05, 3.63) is 66.1 Å². The van der Waals surface area contributed by atoms with Gasteiger partial charge in [0.2, 0.25) is 11.8 Å². The van der Waals surface area contributed by atoms with Gasteiger partial charge in [-0.1, -0.05) is 18.2 Å². The summed E-state index contributed by atoms with van der Waals surface area (Å²) in [6.07, 6.45) is 0. The molecule has 1 amide bonds. The zero-order valence-electron chi connectivity index (χ0n) is 13.5. The topological polar surface area (TPSA) is 68.5 Å². The van der Waals surface area contributed by atoms with Crippen LogP contribution in [0, 0.1) is 0 Å². The molecule has 0 saturated heterocycles. The van der Waals surface area contributed by atoms with Crippen molar-refractivity contribution in [1.29, 1.82) is 0 Å². The summed E-state index contributed by atoms with van der Waals surface area (Å²) < 4.78 is 10.7. The third-order valence-electron chi connectivity index (χ3n) is 3.54. The van der Waals surface area contributed by atoms with Crippen LogP contribution in [-0.2, 0) is 6.54 Å². The molecule has 0 atom stereocenters. The van der Waals surface area contributed by atoms with Crippen molar-refractivity contribution in [3.8, 4) is 17.2 Å². The minimum Gasteiger partial charge on any atom is -0.497 e. The predicted octanol–water partition coefficient (Wildman–Crippen LogP) is 3.02. The summed E-state index contributed by atoms with van der Waals surface area (Å²) >= 11 is 0. The van der Waals surface area contributed by atoms with E-state index in [0.29, 0.717) is 23.1 Å². The average molecular weight is 323 g/mol. The zero-order valence-corrected chi connectivity index (χ0v) is 13.5. The summed E-state index contributed by atoms with van der Waals surface area (Å²) in [6, 6.07) is 16.5. The number of nitrogens with zero attached hydrogens (tertiary/aromatic N) is 3. The Hall–Kier alpha value is -3.15. The van der Waals surface area contributed by atoms with E-state index in [-0.39, 0.29) is 12.5 Å². The number of aromatic nitrogens is 2. The lowest BCUT2D eigenvalue weighted by Gasteiger charge is -2.15. The second-order valence-electron chi connectivity index (χ2n) is 5.26. The molecule has 3 rings (SSSR count). The number of rotatable bonds is 5. The van der Waals surface area contributed by atoms with Crippen molar-refractivity contribution < 1.29 is 13.9 Å². The Morgan fingerprint density at radius 3 is 2.46 bits per heavy atom. The van der Waals surface area contributed by atoms with Crippen LogP contribution in [0.1, 0.15) is 16.2 Å². The second-order valence-corrected chi connectivity index (χ2v) is 5.26. The number of methoxy groups -OCH3 is 1. The molecule has 0 unspecified atom stereocenters. The summed E-state index contributed by atoms with van der Waals surface area (Å²) in [5, 5.41) is 8.03. The Kier molecular flexibility index (Phi) is 4.56. The zero-order chi connectivity index (χ0) is 16.9. The highest BCUT2D eigenvalue weighted by atomic mass is 16.5. The average Bonchev–Trinajstić information content (AvgIpc) is 3.10. The number of hydrogen-bond donors (Lipinski definition) is 0. The summed E-state index contributed by atoms with van der Waals surface area (Å²) in [6.45, 7) is 0.241. The van der Waals surface area contributed by atoms with Gasteiger partial charge in [-0.05, 0) is 36.4 Å². The van der Waals surface area contributed by atoms with Gasteiger partial charge in [0.05, 0.1) is 13.7 Å². The highest BCUT2D eigenvalue weighted by molar-refractivity contribution is 5.94. The molecule has 0 radical (unpaired) electrons. The van der Waals surface area contributed by atoms with Crippen LogP contribution in [0.5, 0.6) is 5.75 Å². The lowest BCUT2D eigenvalue weighted by Crippen LogP contribution is -2.26. The van der Waals surface area contributed by atoms with Crippen LogP contribution in [0.4, 0.5) is 0 Å². The summed E-state index contributed by atoms with van der Waals surface area (Å²) in [5.41, 5.74) is 1.42. The standard InChI is InChI=1S/C18H17N3O3/c1-21(18(22)14-8-10-15(23-2)11-9-14)12-16-19-20-17(24-16)13-6-4-3-5-7-13/h3-11H,12H2,1-2H3. The van der Waals surface area contributed by atoms with E-state index < -0.39 is 0 Å². The van der Waals surface area contributed by atoms with Gasteiger partial charge in [0.15, 0.2) is 0 Å². The van der Waals surface area contributed by atoms with E-state index in [2.05, 4.69) is 10.2 Å². The number of benzene rings is 2. The molecule has 6 heteroatoms. The minimum absolute atomic E-state index is 0.128. The predicted molar refractivity (Wildman–Crippen MR) is 88.5 cm³/mol. The highest BCUT2D eigenvalue weighted by Crippen LogP contribution is 2.18. The van der Waals surface area contributed by atoms with E-state index in [1.165, 1.54) is 4.90 Å². The number of ether oxygens (including phenoxy) is 1. The fourth-order valence-electron chi connectivity index (χ4n) is 2.24. The first-order chi connectivity index (χ1) is 11.7. The number of carbonyl (C=O) groups is 1. The fourth-order valence-corrected chi connectivity index (χ4v) is 2.24. The normalized spacial score (nSPS) is 10.4. The molecule has 0 N–H and O–H groups in total. The molecule has 0 aliphatic heterocycles. The summed E-state index contributed by atoms with van der Waals surface area (Å²) in [4.78, 5) is 14.0. The third-order valence-corrected chi connectivity index (χ3v) is 3.54. The number of amides is 1. The van der Waals surface area contributed by atoms with Gasteiger partial charge in [-0.2, -0.15) is 0 Å². The first-order valence-electron chi connectivity index (χ1n) is 7.44.